The molecule has 0 bridgehead atoms. The van der Waals surface area contributed by atoms with Crippen molar-refractivity contribution in [2.45, 2.75) is 47.1 Å². The normalized spacial score (nSPS) is 13.6. The van der Waals surface area contributed by atoms with Gasteiger partial charge in [-0.3, -0.25) is 0 Å². The first-order chi connectivity index (χ1) is 12.7. The van der Waals surface area contributed by atoms with Crippen LogP contribution in [0.15, 0.2) is 63.5 Å². The molecule has 149 valence electrons. The van der Waals surface area contributed by atoms with Crippen LogP contribution in [0, 0.1) is 5.92 Å². The van der Waals surface area contributed by atoms with E-state index in [0.29, 0.717) is 5.92 Å². The summed E-state index contributed by atoms with van der Waals surface area (Å²) in [6.07, 6.45) is 7.51. The Morgan fingerprint density at radius 2 is 1.61 bits per heavy atom. The van der Waals surface area contributed by atoms with Gasteiger partial charge < -0.3 is 24.8 Å². The summed E-state index contributed by atoms with van der Waals surface area (Å²) >= 11 is -1.61. The second kappa shape index (κ2) is 11.7. The van der Waals surface area contributed by atoms with E-state index >= 15 is 0 Å². The molecule has 4 heteroatoms. The number of hydrogen-bond donors (Lipinski definition) is 0. The summed E-state index contributed by atoms with van der Waals surface area (Å²) in [5.74, 6) is 0.677. The molecule has 0 unspecified atom stereocenters. The third-order valence-corrected chi connectivity index (χ3v) is 21.9. The van der Waals surface area contributed by atoms with E-state index in [4.69, 9.17) is 0 Å². The van der Waals surface area contributed by atoms with E-state index in [1.165, 1.54) is 23.1 Å². The van der Waals surface area contributed by atoms with Crippen molar-refractivity contribution in [1.29, 1.82) is 0 Å². The van der Waals surface area contributed by atoms with Gasteiger partial charge in [0.15, 0.2) is 0 Å². The van der Waals surface area contributed by atoms with Crippen molar-refractivity contribution < 1.29 is 45.7 Å². The van der Waals surface area contributed by atoms with Gasteiger partial charge in [-0.15, -0.1) is 0 Å². The maximum absolute atomic E-state index is 2.59. The molecule has 0 fully saturated rings. The molecule has 28 heavy (non-hydrogen) atoms. The van der Waals surface area contributed by atoms with Gasteiger partial charge in [0.2, 0.25) is 0 Å². The molecule has 0 N–H and O–H groups in total. The molecule has 2 aromatic rings. The molecule has 0 amide bonds. The number of rotatable bonds is 4. The summed E-state index contributed by atoms with van der Waals surface area (Å²) in [5.41, 5.74) is 7.81. The number of fused-ring (bicyclic) bond motifs is 3. The van der Waals surface area contributed by atoms with E-state index in [9.17, 15) is 0 Å². The zero-order chi connectivity index (χ0) is 18.7. The van der Waals surface area contributed by atoms with Crippen LogP contribution in [0.3, 0.4) is 0 Å². The topological polar surface area (TPSA) is 0 Å². The first-order valence-corrected chi connectivity index (χ1v) is 20.0. The van der Waals surface area contributed by atoms with Gasteiger partial charge in [-0.05, 0) is 0 Å². The summed E-state index contributed by atoms with van der Waals surface area (Å²) < 4.78 is 3.67. The molecule has 4 rings (SSSR count). The monoisotopic (exact) mass is 507 g/mol. The van der Waals surface area contributed by atoms with Gasteiger partial charge in [-0.2, -0.15) is 0 Å². The van der Waals surface area contributed by atoms with E-state index in [1.54, 1.807) is 11.1 Å². The Morgan fingerprint density at radius 1 is 0.929 bits per heavy atom. The van der Waals surface area contributed by atoms with Crippen LogP contribution < -0.4 is 28.1 Å². The quantitative estimate of drug-likeness (QED) is 0.418. The number of halogens is 2. The minimum Gasteiger partial charge on any atom is -1.00 e. The van der Waals surface area contributed by atoms with Crippen molar-refractivity contribution >= 4 is 9.92 Å². The predicted octanol–water partition coefficient (Wildman–Crippen LogP) is -0.463. The van der Waals surface area contributed by atoms with Crippen molar-refractivity contribution in [2.75, 3.05) is 0 Å². The van der Waals surface area contributed by atoms with Crippen molar-refractivity contribution in [1.82, 2.24) is 0 Å². The Balaban J connectivity index is 0.000000950. The molecule has 0 atom stereocenters. The Morgan fingerprint density at radius 3 is 2.25 bits per heavy atom. The molecule has 0 aromatic heterocycles. The fourth-order valence-corrected chi connectivity index (χ4v) is 19.3. The molecule has 0 nitrogen and oxygen atoms in total. The zero-order valence-corrected chi connectivity index (χ0v) is 23.0. The fraction of sp³-hybridized carbons (Fsp3) is 0.333. The summed E-state index contributed by atoms with van der Waals surface area (Å²) in [7, 11) is 0. The molecule has 2 aromatic carbocycles. The summed E-state index contributed by atoms with van der Waals surface area (Å²) in [4.78, 5) is 0. The summed E-state index contributed by atoms with van der Waals surface area (Å²) in [6, 6.07) is 16.2. The Labute approximate surface area is 193 Å². The van der Waals surface area contributed by atoms with Crippen LogP contribution >= 0.6 is 0 Å². The van der Waals surface area contributed by atoms with Crippen molar-refractivity contribution in [3.05, 3.63) is 74.6 Å². The van der Waals surface area contributed by atoms with Crippen LogP contribution in [-0.2, 0) is 27.3 Å². The van der Waals surface area contributed by atoms with Gasteiger partial charge in [0, 0.05) is 0 Å². The molecule has 2 aliphatic rings. The molecule has 0 saturated carbocycles. The minimum atomic E-state index is -1.61. The van der Waals surface area contributed by atoms with Crippen LogP contribution in [0.5, 0.6) is 0 Å². The average Bonchev–Trinajstić information content (AvgIpc) is 3.30. The molecule has 0 saturated heterocycles. The largest absolute Gasteiger partial charge is 1.00 e. The van der Waals surface area contributed by atoms with Crippen LogP contribution in [0.2, 0.25) is 6.55 Å². The number of hydrogen-bond acceptors (Lipinski definition) is 0. The Hall–Kier alpha value is -0.400. The van der Waals surface area contributed by atoms with E-state index in [1.807, 2.05) is 20.4 Å². The first kappa shape index (κ1) is 25.6. The maximum Gasteiger partial charge on any atom is -1.00 e. The molecule has 0 aliphatic heterocycles. The zero-order valence-electron chi connectivity index (χ0n) is 17.7. The predicted molar refractivity (Wildman–Crippen MR) is 116 cm³/mol. The molecule has 2 aliphatic carbocycles. The van der Waals surface area contributed by atoms with Gasteiger partial charge in [0.1, 0.15) is 0 Å². The molecular formula is C24H31Cl2SiZr. The number of benzene rings is 2. The molecule has 0 radical (unpaired) electrons. The Kier molecular flexibility index (Phi) is 10.7. The standard InChI is InChI=1S/C13H9.C8H11.C2H6.CH5Si.2ClH.Zr/c1-3-7-12-10(5-1)9-11-6-2-4-8-13(11)12;1-7(2)8-5-3-4-6-8;2*1-2;;;/h1-5,7-8H,9H2;5-7H,3H2,1-2H3;1-2H3;2H2,1H3;2*1H;/q;;;;;;+2/p-2. The van der Waals surface area contributed by atoms with Crippen LogP contribution in [0.4, 0.5) is 0 Å². The van der Waals surface area contributed by atoms with Crippen LogP contribution in [-0.4, -0.2) is 6.65 Å². The first-order valence-electron chi connectivity index (χ1n) is 10.2. The maximum atomic E-state index is 2.59. The Bertz CT molecular complexity index is 855. The third-order valence-electron chi connectivity index (χ3n) is 5.48. The number of allylic oxidation sites excluding steroid dienone is 4. The molecule has 0 spiro atoms. The van der Waals surface area contributed by atoms with Crippen LogP contribution in [0.1, 0.15) is 45.2 Å². The van der Waals surface area contributed by atoms with Crippen LogP contribution in [0.25, 0.3) is 11.1 Å². The summed E-state index contributed by atoms with van der Waals surface area (Å²) in [6.45, 7) is 11.3. The van der Waals surface area contributed by atoms with E-state index in [0.717, 1.165) is 6.42 Å². The van der Waals surface area contributed by atoms with Gasteiger partial charge in [0.25, 0.3) is 0 Å². The molecule has 0 heterocycles. The van der Waals surface area contributed by atoms with Gasteiger partial charge >= 0.3 is 156 Å². The van der Waals surface area contributed by atoms with E-state index in [2.05, 4.69) is 75.0 Å². The van der Waals surface area contributed by atoms with Gasteiger partial charge in [-0.25, -0.2) is 0 Å². The second-order valence-electron chi connectivity index (χ2n) is 7.23. The smallest absolute Gasteiger partial charge is 1.00 e. The van der Waals surface area contributed by atoms with Gasteiger partial charge in [-0.1, -0.05) is 13.8 Å². The summed E-state index contributed by atoms with van der Waals surface area (Å²) in [5, 5.41) is 0. The minimum absolute atomic E-state index is 0. The second-order valence-corrected chi connectivity index (χ2v) is 22.6. The van der Waals surface area contributed by atoms with Crippen molar-refractivity contribution in [3.8, 4) is 11.1 Å². The fourth-order valence-electron chi connectivity index (χ4n) is 4.19. The van der Waals surface area contributed by atoms with Crippen molar-refractivity contribution in [3.63, 3.8) is 0 Å². The van der Waals surface area contributed by atoms with Gasteiger partial charge in [0.05, 0.1) is 0 Å². The van der Waals surface area contributed by atoms with E-state index < -0.39 is 20.9 Å². The third kappa shape index (κ3) is 5.01. The SMILES string of the molecule is CC.C[SiH2][Zr+2]([C]1=CC(C(C)C)=CC1)[c]1cccc2c1Cc1ccccc1-2.[Cl-].[Cl-]. The average molecular weight is 510 g/mol. The van der Waals surface area contributed by atoms with Crippen molar-refractivity contribution in [2.24, 2.45) is 5.92 Å². The van der Waals surface area contributed by atoms with E-state index in [-0.39, 0.29) is 31.5 Å². The molecular weight excluding hydrogens is 478 g/mol.